The summed E-state index contributed by atoms with van der Waals surface area (Å²) < 4.78 is 4.88. The van der Waals surface area contributed by atoms with E-state index in [1.807, 2.05) is 0 Å². The molecule has 2 heterocycles. The number of aromatic nitrogens is 4. The quantitative estimate of drug-likeness (QED) is 0.693. The molecule has 7 nitrogen and oxygen atoms in total. The molecule has 0 aliphatic carbocycles. The van der Waals surface area contributed by atoms with E-state index in [-0.39, 0.29) is 11.6 Å². The number of hydrogen-bond acceptors (Lipinski definition) is 6. The van der Waals surface area contributed by atoms with Crippen LogP contribution in [-0.4, -0.2) is 26.1 Å². The van der Waals surface area contributed by atoms with Crippen LogP contribution in [0.4, 0.5) is 0 Å². The van der Waals surface area contributed by atoms with E-state index in [0.29, 0.717) is 5.69 Å². The van der Waals surface area contributed by atoms with Crippen molar-refractivity contribution in [2.45, 2.75) is 0 Å². The molecule has 0 atom stereocenters. The fourth-order valence-electron chi connectivity index (χ4n) is 0.872. The highest BCUT2D eigenvalue weighted by Gasteiger charge is 2.09. The minimum absolute atomic E-state index is 0.0562. The van der Waals surface area contributed by atoms with Crippen LogP contribution < -0.4 is 5.73 Å². The summed E-state index contributed by atoms with van der Waals surface area (Å²) in [6.07, 6.45) is 3.83. The van der Waals surface area contributed by atoms with Crippen molar-refractivity contribution >= 4 is 5.91 Å². The predicted molar refractivity (Wildman–Crippen MR) is 43.8 cm³/mol. The van der Waals surface area contributed by atoms with Gasteiger partial charge in [0.2, 0.25) is 6.39 Å². The minimum atomic E-state index is -0.654. The third kappa shape index (κ3) is 1.42. The Morgan fingerprint density at radius 1 is 1.43 bits per heavy atom. The van der Waals surface area contributed by atoms with E-state index < -0.39 is 5.91 Å². The van der Waals surface area contributed by atoms with Crippen molar-refractivity contribution in [3.8, 4) is 11.6 Å². The first-order valence-electron chi connectivity index (χ1n) is 3.66. The monoisotopic (exact) mass is 191 g/mol. The molecule has 0 radical (unpaired) electrons. The lowest BCUT2D eigenvalue weighted by molar-refractivity contribution is 0.0995. The van der Waals surface area contributed by atoms with Crippen LogP contribution in [0.2, 0.25) is 0 Å². The molecule has 0 fully saturated rings. The van der Waals surface area contributed by atoms with Crippen LogP contribution in [0.5, 0.6) is 0 Å². The average Bonchev–Trinajstić information content (AvgIpc) is 2.71. The van der Waals surface area contributed by atoms with Gasteiger partial charge in [0.05, 0.1) is 12.4 Å². The zero-order chi connectivity index (χ0) is 9.97. The second kappa shape index (κ2) is 3.21. The van der Waals surface area contributed by atoms with Gasteiger partial charge in [-0.15, -0.1) is 10.2 Å². The van der Waals surface area contributed by atoms with E-state index in [0.717, 1.165) is 6.39 Å². The number of primary amides is 1. The Hall–Kier alpha value is -2.31. The molecule has 7 heteroatoms. The standard InChI is InChI=1S/C7H5N5O2/c8-6(13)4-1-9-2-5(11-4)7-12-10-3-14-7/h1-3H,(H2,8,13). The molecule has 0 aromatic carbocycles. The van der Waals surface area contributed by atoms with E-state index >= 15 is 0 Å². The summed E-state index contributed by atoms with van der Waals surface area (Å²) in [6, 6.07) is 0. The Kier molecular flexibility index (Phi) is 1.90. The second-order valence-electron chi connectivity index (χ2n) is 2.40. The smallest absolute Gasteiger partial charge is 0.268 e. The van der Waals surface area contributed by atoms with Gasteiger partial charge in [-0.1, -0.05) is 0 Å². The molecule has 2 N–H and O–H groups in total. The maximum atomic E-state index is 10.8. The Balaban J connectivity index is 2.46. The van der Waals surface area contributed by atoms with Gasteiger partial charge in [0, 0.05) is 0 Å². The molecule has 0 unspecified atom stereocenters. The first-order valence-corrected chi connectivity index (χ1v) is 3.66. The van der Waals surface area contributed by atoms with Crippen LogP contribution in [0, 0.1) is 0 Å². The molecule has 2 aromatic heterocycles. The maximum Gasteiger partial charge on any atom is 0.268 e. The highest BCUT2D eigenvalue weighted by molar-refractivity contribution is 5.90. The van der Waals surface area contributed by atoms with Crippen molar-refractivity contribution in [2.24, 2.45) is 5.73 Å². The summed E-state index contributed by atoms with van der Waals surface area (Å²) in [5.41, 5.74) is 5.40. The summed E-state index contributed by atoms with van der Waals surface area (Å²) in [5, 5.41) is 7.09. The summed E-state index contributed by atoms with van der Waals surface area (Å²) in [4.78, 5) is 18.4. The summed E-state index contributed by atoms with van der Waals surface area (Å²) in [7, 11) is 0. The topological polar surface area (TPSA) is 108 Å². The van der Waals surface area contributed by atoms with Gasteiger partial charge < -0.3 is 10.2 Å². The van der Waals surface area contributed by atoms with Crippen molar-refractivity contribution in [1.82, 2.24) is 20.2 Å². The van der Waals surface area contributed by atoms with E-state index in [1.54, 1.807) is 0 Å². The first-order chi connectivity index (χ1) is 6.77. The fourth-order valence-corrected chi connectivity index (χ4v) is 0.872. The van der Waals surface area contributed by atoms with Crippen molar-refractivity contribution in [2.75, 3.05) is 0 Å². The van der Waals surface area contributed by atoms with E-state index in [9.17, 15) is 4.79 Å². The molecule has 1 amide bonds. The van der Waals surface area contributed by atoms with Crippen LogP contribution in [0.1, 0.15) is 10.5 Å². The Morgan fingerprint density at radius 3 is 2.93 bits per heavy atom. The van der Waals surface area contributed by atoms with Crippen molar-refractivity contribution in [3.63, 3.8) is 0 Å². The zero-order valence-corrected chi connectivity index (χ0v) is 6.91. The molecule has 0 aliphatic heterocycles. The van der Waals surface area contributed by atoms with Crippen molar-refractivity contribution in [3.05, 3.63) is 24.5 Å². The SMILES string of the molecule is NC(=O)c1cncc(-c2nnco2)n1. The lowest BCUT2D eigenvalue weighted by atomic mass is 10.4. The maximum absolute atomic E-state index is 10.8. The van der Waals surface area contributed by atoms with Crippen LogP contribution >= 0.6 is 0 Å². The predicted octanol–water partition coefficient (Wildman–Crippen LogP) is -0.375. The number of hydrogen-bond donors (Lipinski definition) is 1. The molecular formula is C7H5N5O2. The lowest BCUT2D eigenvalue weighted by Gasteiger charge is -1.95. The van der Waals surface area contributed by atoms with Gasteiger partial charge in [0.25, 0.3) is 11.8 Å². The largest absolute Gasteiger partial charge is 0.422 e. The van der Waals surface area contributed by atoms with Gasteiger partial charge in [-0.05, 0) is 0 Å². The van der Waals surface area contributed by atoms with Crippen LogP contribution in [0.3, 0.4) is 0 Å². The average molecular weight is 191 g/mol. The van der Waals surface area contributed by atoms with Gasteiger partial charge in [-0.2, -0.15) is 0 Å². The van der Waals surface area contributed by atoms with Crippen LogP contribution in [0.15, 0.2) is 23.2 Å². The van der Waals surface area contributed by atoms with Gasteiger partial charge in [0.1, 0.15) is 11.4 Å². The Bertz CT molecular complexity index is 453. The number of carbonyl (C=O) groups is 1. The molecule has 0 saturated carbocycles. The third-order valence-electron chi connectivity index (χ3n) is 1.47. The van der Waals surface area contributed by atoms with Crippen molar-refractivity contribution in [1.29, 1.82) is 0 Å². The normalized spacial score (nSPS) is 10.0. The molecule has 70 valence electrons. The molecule has 14 heavy (non-hydrogen) atoms. The first kappa shape index (κ1) is 8.30. The zero-order valence-electron chi connectivity index (χ0n) is 6.91. The molecule has 0 aliphatic rings. The fraction of sp³-hybridized carbons (Fsp3) is 0. The molecule has 0 bridgehead atoms. The second-order valence-corrected chi connectivity index (χ2v) is 2.40. The number of rotatable bonds is 2. The van der Waals surface area contributed by atoms with Gasteiger partial charge >= 0.3 is 0 Å². The summed E-state index contributed by atoms with van der Waals surface area (Å²) >= 11 is 0. The number of carbonyl (C=O) groups excluding carboxylic acids is 1. The van der Waals surface area contributed by atoms with E-state index in [2.05, 4.69) is 20.2 Å². The summed E-state index contributed by atoms with van der Waals surface area (Å²) in [5.74, 6) is -0.459. The molecule has 0 spiro atoms. The van der Waals surface area contributed by atoms with E-state index in [4.69, 9.17) is 10.2 Å². The number of nitrogens with zero attached hydrogens (tertiary/aromatic N) is 4. The van der Waals surface area contributed by atoms with Gasteiger partial charge in [-0.25, -0.2) is 4.98 Å². The highest BCUT2D eigenvalue weighted by atomic mass is 16.4. The van der Waals surface area contributed by atoms with E-state index in [1.165, 1.54) is 12.4 Å². The van der Waals surface area contributed by atoms with Crippen LogP contribution in [-0.2, 0) is 0 Å². The molecule has 0 saturated heterocycles. The number of amides is 1. The Labute approximate surface area is 78.0 Å². The lowest BCUT2D eigenvalue weighted by Crippen LogP contribution is -2.13. The van der Waals surface area contributed by atoms with Crippen LogP contribution in [0.25, 0.3) is 11.6 Å². The van der Waals surface area contributed by atoms with Gasteiger partial charge in [-0.3, -0.25) is 9.78 Å². The molecule has 2 aromatic rings. The van der Waals surface area contributed by atoms with Crippen molar-refractivity contribution < 1.29 is 9.21 Å². The summed E-state index contributed by atoms with van der Waals surface area (Å²) in [6.45, 7) is 0. The van der Waals surface area contributed by atoms with Gasteiger partial charge in [0.15, 0.2) is 0 Å². The third-order valence-corrected chi connectivity index (χ3v) is 1.47. The highest BCUT2D eigenvalue weighted by Crippen LogP contribution is 2.11. The minimum Gasteiger partial charge on any atom is -0.422 e. The molecule has 2 rings (SSSR count). The number of nitrogens with two attached hydrogens (primary N) is 1. The molecular weight excluding hydrogens is 186 g/mol. The Morgan fingerprint density at radius 2 is 2.29 bits per heavy atom.